The molecule has 1 heterocycles. The summed E-state index contributed by atoms with van der Waals surface area (Å²) in [6.45, 7) is 4.42. The SMILES string of the molecule is CC1=C(CCNC(=O)c2ccc(C)cc2)NOC2=CCC(=O)C=C21. The zero-order chi connectivity index (χ0) is 17.1. The van der Waals surface area contributed by atoms with E-state index in [9.17, 15) is 9.59 Å². The number of fused-ring (bicyclic) bond motifs is 1. The number of amides is 1. The van der Waals surface area contributed by atoms with Gasteiger partial charge in [-0.25, -0.2) is 5.48 Å². The number of allylic oxidation sites excluding steroid dienone is 3. The van der Waals surface area contributed by atoms with Crippen molar-refractivity contribution in [3.8, 4) is 0 Å². The minimum atomic E-state index is -0.0994. The summed E-state index contributed by atoms with van der Waals surface area (Å²) in [6, 6.07) is 7.45. The van der Waals surface area contributed by atoms with Gasteiger partial charge in [-0.2, -0.15) is 0 Å². The van der Waals surface area contributed by atoms with Crippen LogP contribution in [0.4, 0.5) is 0 Å². The van der Waals surface area contributed by atoms with E-state index in [4.69, 9.17) is 4.84 Å². The highest BCUT2D eigenvalue weighted by molar-refractivity contribution is 5.95. The molecule has 0 unspecified atom stereocenters. The Morgan fingerprint density at radius 1 is 1.25 bits per heavy atom. The van der Waals surface area contributed by atoms with Gasteiger partial charge in [-0.15, -0.1) is 0 Å². The molecule has 2 N–H and O–H groups in total. The van der Waals surface area contributed by atoms with Gasteiger partial charge in [0.1, 0.15) is 0 Å². The Morgan fingerprint density at radius 2 is 2.00 bits per heavy atom. The topological polar surface area (TPSA) is 67.4 Å². The zero-order valence-corrected chi connectivity index (χ0v) is 13.8. The molecule has 0 radical (unpaired) electrons. The Labute approximate surface area is 141 Å². The number of aryl methyl sites for hydroxylation is 1. The molecule has 0 atom stereocenters. The molecule has 5 heteroatoms. The van der Waals surface area contributed by atoms with Gasteiger partial charge in [0.15, 0.2) is 11.5 Å². The van der Waals surface area contributed by atoms with Crippen molar-refractivity contribution >= 4 is 11.7 Å². The van der Waals surface area contributed by atoms with E-state index in [1.807, 2.05) is 38.1 Å². The third-order valence-corrected chi connectivity index (χ3v) is 4.17. The number of rotatable bonds is 4. The summed E-state index contributed by atoms with van der Waals surface area (Å²) >= 11 is 0. The number of carbonyl (C=O) groups excluding carboxylic acids is 2. The fourth-order valence-electron chi connectivity index (χ4n) is 2.69. The van der Waals surface area contributed by atoms with Gasteiger partial charge in [-0.05, 0) is 43.7 Å². The molecule has 1 aliphatic carbocycles. The Hall–Kier alpha value is -2.82. The molecule has 1 amide bonds. The number of nitrogens with one attached hydrogen (secondary N) is 2. The minimum Gasteiger partial charge on any atom is -0.382 e. The van der Waals surface area contributed by atoms with E-state index in [2.05, 4.69) is 10.8 Å². The van der Waals surface area contributed by atoms with Gasteiger partial charge in [0.2, 0.25) is 0 Å². The van der Waals surface area contributed by atoms with Crippen LogP contribution in [0.5, 0.6) is 0 Å². The first-order chi connectivity index (χ1) is 11.5. The van der Waals surface area contributed by atoms with E-state index in [1.165, 1.54) is 0 Å². The molecule has 124 valence electrons. The maximum Gasteiger partial charge on any atom is 0.251 e. The van der Waals surface area contributed by atoms with Crippen molar-refractivity contribution in [2.45, 2.75) is 26.7 Å². The van der Waals surface area contributed by atoms with E-state index < -0.39 is 0 Å². The quantitative estimate of drug-likeness (QED) is 0.893. The zero-order valence-electron chi connectivity index (χ0n) is 13.8. The summed E-state index contributed by atoms with van der Waals surface area (Å²) < 4.78 is 0. The molecule has 0 spiro atoms. The van der Waals surface area contributed by atoms with Crippen LogP contribution in [-0.4, -0.2) is 18.2 Å². The van der Waals surface area contributed by atoms with Crippen molar-refractivity contribution in [1.29, 1.82) is 0 Å². The third kappa shape index (κ3) is 3.40. The van der Waals surface area contributed by atoms with Crippen LogP contribution >= 0.6 is 0 Å². The molecule has 1 aliphatic heterocycles. The lowest BCUT2D eigenvalue weighted by atomic mass is 9.95. The number of carbonyl (C=O) groups is 2. The second-order valence-corrected chi connectivity index (χ2v) is 5.98. The van der Waals surface area contributed by atoms with Gasteiger partial charge in [-0.3, -0.25) is 9.59 Å². The predicted octanol–water partition coefficient (Wildman–Crippen LogP) is 2.71. The molecule has 5 nitrogen and oxygen atoms in total. The lowest BCUT2D eigenvalue weighted by Gasteiger charge is -2.26. The molecule has 1 aromatic carbocycles. The molecule has 2 aliphatic rings. The van der Waals surface area contributed by atoms with Crippen LogP contribution in [0.25, 0.3) is 0 Å². The Kier molecular flexibility index (Phi) is 4.51. The summed E-state index contributed by atoms with van der Waals surface area (Å²) in [7, 11) is 0. The molecule has 0 saturated heterocycles. The highest BCUT2D eigenvalue weighted by Gasteiger charge is 2.23. The Bertz CT molecular complexity index is 770. The smallest absolute Gasteiger partial charge is 0.251 e. The molecular weight excluding hydrogens is 304 g/mol. The van der Waals surface area contributed by atoms with Crippen LogP contribution in [-0.2, 0) is 9.63 Å². The summed E-state index contributed by atoms with van der Waals surface area (Å²) in [4.78, 5) is 29.2. The highest BCUT2D eigenvalue weighted by atomic mass is 16.6. The number of hydrogen-bond donors (Lipinski definition) is 2. The fourth-order valence-corrected chi connectivity index (χ4v) is 2.69. The van der Waals surface area contributed by atoms with Crippen molar-refractivity contribution in [2.75, 3.05) is 6.54 Å². The van der Waals surface area contributed by atoms with E-state index >= 15 is 0 Å². The Morgan fingerprint density at radius 3 is 2.75 bits per heavy atom. The lowest BCUT2D eigenvalue weighted by Crippen LogP contribution is -2.29. The van der Waals surface area contributed by atoms with Crippen LogP contribution in [0.1, 0.15) is 35.7 Å². The first-order valence-corrected chi connectivity index (χ1v) is 7.97. The third-order valence-electron chi connectivity index (χ3n) is 4.17. The van der Waals surface area contributed by atoms with Crippen molar-refractivity contribution in [1.82, 2.24) is 10.8 Å². The van der Waals surface area contributed by atoms with Crippen molar-refractivity contribution in [3.05, 3.63) is 70.1 Å². The molecule has 0 saturated carbocycles. The summed E-state index contributed by atoms with van der Waals surface area (Å²) in [5, 5.41) is 2.90. The first-order valence-electron chi connectivity index (χ1n) is 7.97. The van der Waals surface area contributed by atoms with E-state index in [0.717, 1.165) is 22.4 Å². The van der Waals surface area contributed by atoms with Crippen molar-refractivity contribution in [2.24, 2.45) is 0 Å². The first kappa shape index (κ1) is 16.1. The maximum atomic E-state index is 12.1. The molecule has 0 aromatic heterocycles. The van der Waals surface area contributed by atoms with E-state index in [0.29, 0.717) is 30.7 Å². The van der Waals surface area contributed by atoms with Crippen LogP contribution in [0, 0.1) is 6.92 Å². The lowest BCUT2D eigenvalue weighted by molar-refractivity contribution is -0.114. The number of benzene rings is 1. The molecule has 0 fully saturated rings. The van der Waals surface area contributed by atoms with Gasteiger partial charge in [0.05, 0.1) is 5.70 Å². The fraction of sp³-hybridized carbons (Fsp3) is 0.263. The van der Waals surface area contributed by atoms with Crippen LogP contribution in [0.2, 0.25) is 0 Å². The van der Waals surface area contributed by atoms with Crippen molar-refractivity contribution < 1.29 is 14.4 Å². The Balaban J connectivity index is 1.61. The number of hydroxylamine groups is 1. The van der Waals surface area contributed by atoms with Crippen LogP contribution in [0.3, 0.4) is 0 Å². The van der Waals surface area contributed by atoms with Crippen LogP contribution < -0.4 is 10.8 Å². The van der Waals surface area contributed by atoms with Gasteiger partial charge in [-0.1, -0.05) is 17.7 Å². The van der Waals surface area contributed by atoms with Gasteiger partial charge >= 0.3 is 0 Å². The molecule has 0 bridgehead atoms. The molecule has 3 rings (SSSR count). The average molecular weight is 324 g/mol. The highest BCUT2D eigenvalue weighted by Crippen LogP contribution is 2.30. The van der Waals surface area contributed by atoms with Crippen molar-refractivity contribution in [3.63, 3.8) is 0 Å². The van der Waals surface area contributed by atoms with E-state index in [-0.39, 0.29) is 11.7 Å². The summed E-state index contributed by atoms with van der Waals surface area (Å²) in [6.07, 6.45) is 4.37. The molecular formula is C19H20N2O3. The monoisotopic (exact) mass is 324 g/mol. The average Bonchev–Trinajstić information content (AvgIpc) is 2.58. The summed E-state index contributed by atoms with van der Waals surface area (Å²) in [5.41, 5.74) is 7.35. The predicted molar refractivity (Wildman–Crippen MR) is 90.8 cm³/mol. The second kappa shape index (κ2) is 6.74. The summed E-state index contributed by atoms with van der Waals surface area (Å²) in [5.74, 6) is 0.669. The normalized spacial score (nSPS) is 16.5. The largest absolute Gasteiger partial charge is 0.382 e. The maximum absolute atomic E-state index is 12.1. The van der Waals surface area contributed by atoms with Crippen LogP contribution in [0.15, 0.2) is 59.0 Å². The van der Waals surface area contributed by atoms with Gasteiger partial charge in [0.25, 0.3) is 5.91 Å². The molecule has 24 heavy (non-hydrogen) atoms. The number of hydrogen-bond acceptors (Lipinski definition) is 4. The standard InChI is InChI=1S/C19H20N2O3/c1-12-3-5-14(6-4-12)19(23)20-10-9-17-13(2)16-11-15(22)7-8-18(16)24-21-17/h3-6,8,11,21H,7,9-10H2,1-2H3,(H,20,23). The second-order valence-electron chi connectivity index (χ2n) is 5.98. The minimum absolute atomic E-state index is 0.0747. The van der Waals surface area contributed by atoms with Gasteiger partial charge in [0, 0.05) is 30.5 Å². The van der Waals surface area contributed by atoms with E-state index in [1.54, 1.807) is 12.2 Å². The van der Waals surface area contributed by atoms with Gasteiger partial charge < -0.3 is 10.2 Å². The molecule has 1 aromatic rings. The number of ketones is 1.